The molecule has 0 rings (SSSR count). The molecule has 10 heavy (non-hydrogen) atoms. The van der Waals surface area contributed by atoms with Gasteiger partial charge in [-0.05, 0) is 37.2 Å². The smallest absolute Gasteiger partial charge is 0.0142 e. The van der Waals surface area contributed by atoms with Crippen LogP contribution in [0, 0.1) is 0 Å². The van der Waals surface area contributed by atoms with Crippen molar-refractivity contribution in [1.29, 1.82) is 0 Å². The standard InChI is InChI=1S/2C4H8S/c2*1-3-4-5-2/h2*3-4H,1-2H3/b4-3+;4-3-. The lowest BCUT2D eigenvalue weighted by molar-refractivity contribution is 1.79. The molecule has 0 aliphatic rings. The first kappa shape index (κ1) is 12.8. The van der Waals surface area contributed by atoms with Crippen LogP contribution in [0.3, 0.4) is 0 Å². The quantitative estimate of drug-likeness (QED) is 0.628. The fourth-order valence-electron chi connectivity index (χ4n) is 0.272. The number of hydrogen-bond acceptors (Lipinski definition) is 2. The van der Waals surface area contributed by atoms with Crippen molar-refractivity contribution in [2.75, 3.05) is 12.5 Å². The van der Waals surface area contributed by atoms with E-state index in [0.29, 0.717) is 0 Å². The second kappa shape index (κ2) is 16.1. The van der Waals surface area contributed by atoms with Crippen LogP contribution < -0.4 is 0 Å². The van der Waals surface area contributed by atoms with E-state index in [9.17, 15) is 0 Å². The van der Waals surface area contributed by atoms with Crippen molar-refractivity contribution in [1.82, 2.24) is 0 Å². The van der Waals surface area contributed by atoms with Crippen LogP contribution in [0.15, 0.2) is 23.0 Å². The molecule has 0 aromatic rings. The third-order valence-corrected chi connectivity index (χ3v) is 1.63. The maximum atomic E-state index is 2.04. The number of allylic oxidation sites excluding steroid dienone is 2. The summed E-state index contributed by atoms with van der Waals surface area (Å²) in [5.74, 6) is 0. The first-order chi connectivity index (χ1) is 4.83. The molecule has 0 N–H and O–H groups in total. The van der Waals surface area contributed by atoms with Crippen molar-refractivity contribution in [3.63, 3.8) is 0 Å². The summed E-state index contributed by atoms with van der Waals surface area (Å²) in [6.07, 6.45) is 8.12. The Bertz CT molecular complexity index is 73.3. The molecule has 0 aromatic heterocycles. The van der Waals surface area contributed by atoms with E-state index in [4.69, 9.17) is 0 Å². The molecule has 0 saturated carbocycles. The molecule has 0 unspecified atom stereocenters. The zero-order chi connectivity index (χ0) is 8.24. The Morgan fingerprint density at radius 3 is 1.10 bits per heavy atom. The van der Waals surface area contributed by atoms with Gasteiger partial charge < -0.3 is 0 Å². The van der Waals surface area contributed by atoms with E-state index in [1.54, 1.807) is 23.5 Å². The summed E-state index contributed by atoms with van der Waals surface area (Å²) in [7, 11) is 0. The summed E-state index contributed by atoms with van der Waals surface area (Å²) in [6, 6.07) is 0. The number of rotatable bonds is 2. The minimum Gasteiger partial charge on any atom is -0.138 e. The summed E-state index contributed by atoms with van der Waals surface area (Å²) in [6.45, 7) is 4.02. The lowest BCUT2D eigenvalue weighted by Crippen LogP contribution is -1.34. The molecule has 0 bridgehead atoms. The summed E-state index contributed by atoms with van der Waals surface area (Å²) < 4.78 is 0. The van der Waals surface area contributed by atoms with Crippen molar-refractivity contribution in [3.8, 4) is 0 Å². The van der Waals surface area contributed by atoms with Crippen LogP contribution in [-0.2, 0) is 0 Å². The fraction of sp³-hybridized carbons (Fsp3) is 0.500. The van der Waals surface area contributed by atoms with Gasteiger partial charge in [0.25, 0.3) is 0 Å². The van der Waals surface area contributed by atoms with Gasteiger partial charge in [0.05, 0.1) is 0 Å². The van der Waals surface area contributed by atoms with Crippen molar-refractivity contribution in [3.05, 3.63) is 23.0 Å². The largest absolute Gasteiger partial charge is 0.138 e. The van der Waals surface area contributed by atoms with Gasteiger partial charge in [-0.1, -0.05) is 12.2 Å². The van der Waals surface area contributed by atoms with E-state index in [0.717, 1.165) is 0 Å². The van der Waals surface area contributed by atoms with E-state index >= 15 is 0 Å². The summed E-state index contributed by atoms with van der Waals surface area (Å²) in [4.78, 5) is 0. The molecular formula is C8H16S2. The third kappa shape index (κ3) is 24.1. The van der Waals surface area contributed by atoms with Crippen LogP contribution in [0.25, 0.3) is 0 Å². The Kier molecular flexibility index (Phi) is 20.6. The molecule has 0 aliphatic carbocycles. The van der Waals surface area contributed by atoms with Gasteiger partial charge in [-0.2, -0.15) is 0 Å². The SMILES string of the molecule is C/C=C/SC.C/C=C\SC. The highest BCUT2D eigenvalue weighted by molar-refractivity contribution is 8.01. The lowest BCUT2D eigenvalue weighted by Gasteiger charge is -1.66. The molecule has 0 amide bonds. The number of hydrogen-bond donors (Lipinski definition) is 0. The summed E-state index contributed by atoms with van der Waals surface area (Å²) >= 11 is 3.44. The third-order valence-electron chi connectivity index (χ3n) is 0.544. The maximum absolute atomic E-state index is 2.04. The minimum atomic E-state index is 1.72. The number of thioether (sulfide) groups is 2. The predicted molar refractivity (Wildman–Crippen MR) is 56.7 cm³/mol. The van der Waals surface area contributed by atoms with Crippen LogP contribution in [0.2, 0.25) is 0 Å². The van der Waals surface area contributed by atoms with Gasteiger partial charge in [0.1, 0.15) is 0 Å². The highest BCUT2D eigenvalue weighted by Gasteiger charge is 1.51. The molecule has 0 aliphatic heterocycles. The van der Waals surface area contributed by atoms with Crippen molar-refractivity contribution in [2.45, 2.75) is 13.8 Å². The van der Waals surface area contributed by atoms with Crippen LogP contribution in [0.1, 0.15) is 13.8 Å². The molecular weight excluding hydrogens is 160 g/mol. The molecule has 0 radical (unpaired) electrons. The molecule has 0 atom stereocenters. The Morgan fingerprint density at radius 1 is 0.800 bits per heavy atom. The van der Waals surface area contributed by atoms with Crippen molar-refractivity contribution < 1.29 is 0 Å². The van der Waals surface area contributed by atoms with Gasteiger partial charge in [0, 0.05) is 0 Å². The first-order valence-corrected chi connectivity index (χ1v) is 5.69. The average Bonchev–Trinajstić information content (AvgIpc) is 1.93. The lowest BCUT2D eigenvalue weighted by atomic mass is 10.8. The molecule has 0 heterocycles. The Balaban J connectivity index is 0. The van der Waals surface area contributed by atoms with Crippen LogP contribution in [0.5, 0.6) is 0 Å². The highest BCUT2D eigenvalue weighted by atomic mass is 32.2. The predicted octanol–water partition coefficient (Wildman–Crippen LogP) is 3.77. The van der Waals surface area contributed by atoms with Crippen LogP contribution in [-0.4, -0.2) is 12.5 Å². The van der Waals surface area contributed by atoms with Gasteiger partial charge in [0.2, 0.25) is 0 Å². The highest BCUT2D eigenvalue weighted by Crippen LogP contribution is 1.90. The summed E-state index contributed by atoms with van der Waals surface area (Å²) in [5.41, 5.74) is 0. The Hall–Kier alpha value is 0.180. The van der Waals surface area contributed by atoms with Crippen LogP contribution in [0.4, 0.5) is 0 Å². The fourth-order valence-corrected chi connectivity index (χ4v) is 0.816. The van der Waals surface area contributed by atoms with Crippen LogP contribution >= 0.6 is 23.5 Å². The Labute approximate surface area is 73.2 Å². The topological polar surface area (TPSA) is 0 Å². The zero-order valence-corrected chi connectivity index (χ0v) is 8.76. The first-order valence-electron chi connectivity index (χ1n) is 3.11. The molecule has 0 nitrogen and oxygen atoms in total. The zero-order valence-electron chi connectivity index (χ0n) is 7.13. The minimum absolute atomic E-state index is 1.72. The monoisotopic (exact) mass is 176 g/mol. The summed E-state index contributed by atoms with van der Waals surface area (Å²) in [5, 5.41) is 4.08. The van der Waals surface area contributed by atoms with Gasteiger partial charge >= 0.3 is 0 Å². The molecule has 0 spiro atoms. The van der Waals surface area contributed by atoms with E-state index < -0.39 is 0 Å². The van der Waals surface area contributed by atoms with E-state index in [-0.39, 0.29) is 0 Å². The van der Waals surface area contributed by atoms with E-state index in [1.807, 2.05) is 49.3 Å². The molecule has 0 aromatic carbocycles. The van der Waals surface area contributed by atoms with Crippen molar-refractivity contribution in [2.24, 2.45) is 0 Å². The van der Waals surface area contributed by atoms with Crippen molar-refractivity contribution >= 4 is 23.5 Å². The Morgan fingerprint density at radius 2 is 1.10 bits per heavy atom. The van der Waals surface area contributed by atoms with E-state index in [1.165, 1.54) is 0 Å². The van der Waals surface area contributed by atoms with Gasteiger partial charge in [-0.3, -0.25) is 0 Å². The van der Waals surface area contributed by atoms with Gasteiger partial charge in [-0.25, -0.2) is 0 Å². The second-order valence-electron chi connectivity index (χ2n) is 1.41. The average molecular weight is 176 g/mol. The molecule has 60 valence electrons. The maximum Gasteiger partial charge on any atom is -0.0142 e. The van der Waals surface area contributed by atoms with E-state index in [2.05, 4.69) is 0 Å². The molecule has 0 saturated heterocycles. The molecule has 2 heteroatoms. The van der Waals surface area contributed by atoms with Gasteiger partial charge in [-0.15, -0.1) is 23.5 Å². The van der Waals surface area contributed by atoms with Gasteiger partial charge in [0.15, 0.2) is 0 Å². The second-order valence-corrected chi connectivity index (χ2v) is 2.90. The molecule has 0 fully saturated rings. The normalized spacial score (nSPS) is 10.0.